The van der Waals surface area contributed by atoms with E-state index in [4.69, 9.17) is 4.52 Å². The van der Waals surface area contributed by atoms with Gasteiger partial charge in [-0.25, -0.2) is 4.79 Å². The maximum absolute atomic E-state index is 12.4. The molecule has 2 amide bonds. The highest BCUT2D eigenvalue weighted by molar-refractivity contribution is 5.74. The minimum atomic E-state index is -0.201. The van der Waals surface area contributed by atoms with Crippen LogP contribution in [-0.2, 0) is 0 Å². The van der Waals surface area contributed by atoms with E-state index < -0.39 is 0 Å². The third kappa shape index (κ3) is 3.58. The number of aliphatic hydroxyl groups is 1. The Morgan fingerprint density at radius 1 is 1.32 bits per heavy atom. The number of urea groups is 1. The van der Waals surface area contributed by atoms with Gasteiger partial charge in [-0.2, -0.15) is 4.98 Å². The van der Waals surface area contributed by atoms with Crippen molar-refractivity contribution in [1.82, 2.24) is 20.4 Å². The summed E-state index contributed by atoms with van der Waals surface area (Å²) in [6.07, 6.45) is 4.97. The minimum absolute atomic E-state index is 0.0117. The summed E-state index contributed by atoms with van der Waals surface area (Å²) in [5, 5.41) is 16.5. The number of aryl methyl sites for hydroxylation is 1. The number of aliphatic hydroxyl groups excluding tert-OH is 1. The largest absolute Gasteiger partial charge is 0.393 e. The Hall–Kier alpha value is -1.63. The van der Waals surface area contributed by atoms with E-state index in [1.807, 2.05) is 4.90 Å². The molecule has 1 aliphatic heterocycles. The van der Waals surface area contributed by atoms with Crippen LogP contribution in [0.15, 0.2) is 4.52 Å². The number of carbonyl (C=O) groups excluding carboxylic acids is 1. The number of piperidine rings is 1. The maximum Gasteiger partial charge on any atom is 0.317 e. The van der Waals surface area contributed by atoms with Gasteiger partial charge in [0, 0.05) is 19.1 Å². The van der Waals surface area contributed by atoms with E-state index in [0.717, 1.165) is 45.1 Å². The molecule has 1 aromatic rings. The second-order valence-electron chi connectivity index (χ2n) is 6.42. The maximum atomic E-state index is 12.4. The molecular formula is C15H24N4O3. The van der Waals surface area contributed by atoms with Crippen LogP contribution in [-0.4, -0.2) is 51.4 Å². The lowest BCUT2D eigenvalue weighted by Crippen LogP contribution is -2.49. The van der Waals surface area contributed by atoms with Crippen molar-refractivity contribution in [1.29, 1.82) is 0 Å². The van der Waals surface area contributed by atoms with E-state index in [2.05, 4.69) is 15.5 Å². The van der Waals surface area contributed by atoms with Crippen LogP contribution in [0.5, 0.6) is 0 Å². The molecule has 2 N–H and O–H groups in total. The van der Waals surface area contributed by atoms with Gasteiger partial charge >= 0.3 is 6.03 Å². The van der Waals surface area contributed by atoms with Gasteiger partial charge in [0.2, 0.25) is 5.89 Å². The predicted octanol–water partition coefficient (Wildman–Crippen LogP) is 1.57. The number of amides is 2. The molecule has 7 heteroatoms. The van der Waals surface area contributed by atoms with E-state index in [9.17, 15) is 9.90 Å². The van der Waals surface area contributed by atoms with Gasteiger partial charge in [-0.1, -0.05) is 5.16 Å². The summed E-state index contributed by atoms with van der Waals surface area (Å²) in [6.45, 7) is 3.20. The molecule has 0 spiro atoms. The van der Waals surface area contributed by atoms with Crippen molar-refractivity contribution >= 4 is 6.03 Å². The van der Waals surface area contributed by atoms with Crippen LogP contribution >= 0.6 is 0 Å². The number of nitrogens with zero attached hydrogens (tertiary/aromatic N) is 3. The third-order valence-corrected chi connectivity index (χ3v) is 4.63. The molecule has 1 atom stereocenters. The van der Waals surface area contributed by atoms with Gasteiger partial charge in [0.15, 0.2) is 5.82 Å². The Balaban J connectivity index is 1.54. The van der Waals surface area contributed by atoms with E-state index in [-0.39, 0.29) is 24.1 Å². The fourth-order valence-corrected chi connectivity index (χ4v) is 3.33. The van der Waals surface area contributed by atoms with Crippen LogP contribution in [0.4, 0.5) is 4.79 Å². The number of rotatable bonds is 2. The minimum Gasteiger partial charge on any atom is -0.393 e. The first-order chi connectivity index (χ1) is 10.6. The average molecular weight is 308 g/mol. The Morgan fingerprint density at radius 3 is 2.77 bits per heavy atom. The molecule has 0 unspecified atom stereocenters. The molecule has 7 nitrogen and oxygen atoms in total. The molecule has 1 aromatic heterocycles. The molecule has 1 saturated heterocycles. The molecule has 2 heterocycles. The summed E-state index contributed by atoms with van der Waals surface area (Å²) in [6, 6.07) is 0.171. The van der Waals surface area contributed by atoms with Crippen LogP contribution in [0.25, 0.3) is 0 Å². The molecule has 3 rings (SSSR count). The first-order valence-corrected chi connectivity index (χ1v) is 8.15. The molecule has 122 valence electrons. The lowest BCUT2D eigenvalue weighted by molar-refractivity contribution is 0.113. The molecule has 2 aliphatic rings. The number of likely N-dealkylation sites (tertiary alicyclic amines) is 1. The highest BCUT2D eigenvalue weighted by Crippen LogP contribution is 2.26. The molecule has 0 bridgehead atoms. The SMILES string of the molecule is Cc1noc([C@@H]2CCCN(C(=O)NC3CCC(O)CC3)C2)n1. The quantitative estimate of drug-likeness (QED) is 0.865. The number of hydrogen-bond acceptors (Lipinski definition) is 5. The molecule has 0 radical (unpaired) electrons. The Labute approximate surface area is 130 Å². The van der Waals surface area contributed by atoms with Crippen molar-refractivity contribution in [3.8, 4) is 0 Å². The summed E-state index contributed by atoms with van der Waals surface area (Å²) >= 11 is 0. The summed E-state index contributed by atoms with van der Waals surface area (Å²) in [4.78, 5) is 18.5. The third-order valence-electron chi connectivity index (χ3n) is 4.63. The number of aromatic nitrogens is 2. The first kappa shape index (κ1) is 15.3. The highest BCUT2D eigenvalue weighted by atomic mass is 16.5. The van der Waals surface area contributed by atoms with E-state index in [0.29, 0.717) is 18.3 Å². The van der Waals surface area contributed by atoms with Crippen LogP contribution in [0.2, 0.25) is 0 Å². The van der Waals surface area contributed by atoms with Gasteiger partial charge in [0.25, 0.3) is 0 Å². The monoisotopic (exact) mass is 308 g/mol. The lowest BCUT2D eigenvalue weighted by Gasteiger charge is -2.33. The van der Waals surface area contributed by atoms with Gasteiger partial charge in [-0.3, -0.25) is 0 Å². The van der Waals surface area contributed by atoms with Crippen molar-refractivity contribution in [2.45, 2.75) is 63.5 Å². The summed E-state index contributed by atoms with van der Waals surface area (Å²) in [5.41, 5.74) is 0. The molecule has 1 aliphatic carbocycles. The van der Waals surface area contributed by atoms with Crippen LogP contribution in [0.3, 0.4) is 0 Å². The summed E-state index contributed by atoms with van der Waals surface area (Å²) < 4.78 is 5.25. The number of hydrogen-bond donors (Lipinski definition) is 2. The normalized spacial score (nSPS) is 29.4. The zero-order valence-corrected chi connectivity index (χ0v) is 13.0. The molecule has 22 heavy (non-hydrogen) atoms. The van der Waals surface area contributed by atoms with Gasteiger partial charge in [0.1, 0.15) is 0 Å². The van der Waals surface area contributed by atoms with Crippen LogP contribution in [0.1, 0.15) is 56.2 Å². The van der Waals surface area contributed by atoms with Gasteiger partial charge in [0.05, 0.1) is 12.0 Å². The standard InChI is InChI=1S/C15H24N4O3/c1-10-16-14(22-18-10)11-3-2-8-19(9-11)15(21)17-12-4-6-13(20)7-5-12/h11-13,20H,2-9H2,1H3,(H,17,21)/t11-,12?,13?/m1/s1. The Kier molecular flexibility index (Phi) is 4.61. The fourth-order valence-electron chi connectivity index (χ4n) is 3.33. The lowest BCUT2D eigenvalue weighted by atomic mass is 9.93. The molecule has 1 saturated carbocycles. The fraction of sp³-hybridized carbons (Fsp3) is 0.800. The Bertz CT molecular complexity index is 511. The highest BCUT2D eigenvalue weighted by Gasteiger charge is 2.30. The first-order valence-electron chi connectivity index (χ1n) is 8.15. The van der Waals surface area contributed by atoms with Crippen molar-refractivity contribution in [2.75, 3.05) is 13.1 Å². The number of carbonyl (C=O) groups is 1. The van der Waals surface area contributed by atoms with E-state index in [1.54, 1.807) is 6.92 Å². The molecular weight excluding hydrogens is 284 g/mol. The van der Waals surface area contributed by atoms with Crippen LogP contribution < -0.4 is 5.32 Å². The van der Waals surface area contributed by atoms with Crippen molar-refractivity contribution in [2.24, 2.45) is 0 Å². The molecule has 2 fully saturated rings. The predicted molar refractivity (Wildman–Crippen MR) is 79.4 cm³/mol. The van der Waals surface area contributed by atoms with E-state index in [1.165, 1.54) is 0 Å². The van der Waals surface area contributed by atoms with Crippen molar-refractivity contribution in [3.05, 3.63) is 11.7 Å². The van der Waals surface area contributed by atoms with Gasteiger partial charge in [-0.05, 0) is 45.4 Å². The number of nitrogens with one attached hydrogen (secondary N) is 1. The van der Waals surface area contributed by atoms with Crippen molar-refractivity contribution in [3.63, 3.8) is 0 Å². The second kappa shape index (κ2) is 6.64. The van der Waals surface area contributed by atoms with Crippen LogP contribution in [0, 0.1) is 6.92 Å². The zero-order chi connectivity index (χ0) is 15.5. The Morgan fingerprint density at radius 2 is 2.09 bits per heavy atom. The topological polar surface area (TPSA) is 91.5 Å². The second-order valence-corrected chi connectivity index (χ2v) is 6.42. The molecule has 0 aromatic carbocycles. The smallest absolute Gasteiger partial charge is 0.317 e. The summed E-state index contributed by atoms with van der Waals surface area (Å²) in [5.74, 6) is 1.40. The summed E-state index contributed by atoms with van der Waals surface area (Å²) in [7, 11) is 0. The van der Waals surface area contributed by atoms with Gasteiger partial charge < -0.3 is 19.8 Å². The van der Waals surface area contributed by atoms with Gasteiger partial charge in [-0.15, -0.1) is 0 Å². The average Bonchev–Trinajstić information content (AvgIpc) is 2.96. The van der Waals surface area contributed by atoms with E-state index >= 15 is 0 Å². The van der Waals surface area contributed by atoms with Crippen molar-refractivity contribution < 1.29 is 14.4 Å². The zero-order valence-electron chi connectivity index (χ0n) is 13.0.